The van der Waals surface area contributed by atoms with Gasteiger partial charge in [-0.1, -0.05) is 6.04 Å². The van der Waals surface area contributed by atoms with Crippen LogP contribution >= 0.6 is 0 Å². The van der Waals surface area contributed by atoms with Gasteiger partial charge in [-0.2, -0.15) is 0 Å². The third-order valence-corrected chi connectivity index (χ3v) is 4.05. The molecule has 0 aromatic carbocycles. The van der Waals surface area contributed by atoms with Gasteiger partial charge >= 0.3 is 0 Å². The first-order chi connectivity index (χ1) is 7.36. The third-order valence-electron chi connectivity index (χ3n) is 2.60. The maximum Gasteiger partial charge on any atom is 0.136 e. The van der Waals surface area contributed by atoms with Crippen LogP contribution in [0.5, 0.6) is 0 Å². The van der Waals surface area contributed by atoms with Crippen molar-refractivity contribution in [2.45, 2.75) is 18.4 Å². The number of nitrogens with one attached hydrogen (secondary N) is 1. The van der Waals surface area contributed by atoms with E-state index in [-0.39, 0.29) is 5.91 Å². The lowest BCUT2D eigenvalue weighted by molar-refractivity contribution is -0.0441. The quantitative estimate of drug-likeness (QED) is 0.379. The molecule has 1 aliphatic heterocycles. The Morgan fingerprint density at radius 2 is 1.93 bits per heavy atom. The maximum atomic E-state index is 5.16. The van der Waals surface area contributed by atoms with Gasteiger partial charge < -0.3 is 19.7 Å². The summed E-state index contributed by atoms with van der Waals surface area (Å²) in [4.78, 5) is 2.52. The van der Waals surface area contributed by atoms with Crippen molar-refractivity contribution in [3.63, 3.8) is 0 Å². The molecular formula is C10H22N2O2Si. The number of hydrogen-bond donors (Lipinski definition) is 1. The van der Waals surface area contributed by atoms with Crippen LogP contribution in [0.25, 0.3) is 0 Å². The summed E-state index contributed by atoms with van der Waals surface area (Å²) in [6.07, 6.45) is 1.25. The van der Waals surface area contributed by atoms with E-state index in [1.54, 1.807) is 14.2 Å². The highest BCUT2D eigenvalue weighted by molar-refractivity contribution is 6.36. The fraction of sp³-hybridized carbons (Fsp3) is 1.00. The van der Waals surface area contributed by atoms with Crippen LogP contribution in [0.1, 0.15) is 6.42 Å². The van der Waals surface area contributed by atoms with Gasteiger partial charge in [0.1, 0.15) is 15.4 Å². The molecule has 2 radical (unpaired) electrons. The molecule has 4 nitrogen and oxygen atoms in total. The number of nitrogens with zero attached hydrogens (tertiary/aromatic N) is 1. The van der Waals surface area contributed by atoms with Crippen molar-refractivity contribution in [2.75, 3.05) is 46.9 Å². The summed E-state index contributed by atoms with van der Waals surface area (Å²) in [5.41, 5.74) is 0. The Bertz CT molecular complexity index is 150. The minimum Gasteiger partial charge on any atom is -0.360 e. The first-order valence-corrected chi connectivity index (χ1v) is 6.87. The fourth-order valence-electron chi connectivity index (χ4n) is 1.72. The molecule has 1 saturated heterocycles. The van der Waals surface area contributed by atoms with E-state index in [0.717, 1.165) is 22.6 Å². The normalized spacial score (nSPS) is 18.6. The zero-order valence-corrected chi connectivity index (χ0v) is 10.8. The van der Waals surface area contributed by atoms with Crippen molar-refractivity contribution in [3.05, 3.63) is 0 Å². The van der Waals surface area contributed by atoms with Gasteiger partial charge in [-0.25, -0.2) is 0 Å². The molecular weight excluding hydrogens is 208 g/mol. The van der Waals surface area contributed by atoms with Crippen LogP contribution in [0.4, 0.5) is 0 Å². The van der Waals surface area contributed by atoms with Crippen LogP contribution in [0.15, 0.2) is 0 Å². The smallest absolute Gasteiger partial charge is 0.136 e. The minimum atomic E-state index is 0.00743. The van der Waals surface area contributed by atoms with Gasteiger partial charge in [0.25, 0.3) is 0 Å². The zero-order chi connectivity index (χ0) is 10.9. The lowest BCUT2D eigenvalue weighted by atomic mass is 10.3. The van der Waals surface area contributed by atoms with E-state index in [2.05, 4.69) is 10.2 Å². The van der Waals surface area contributed by atoms with Crippen LogP contribution in [-0.4, -0.2) is 67.3 Å². The average Bonchev–Trinajstić information content (AvgIpc) is 2.31. The lowest BCUT2D eigenvalue weighted by Crippen LogP contribution is -2.43. The van der Waals surface area contributed by atoms with Crippen LogP contribution in [0.3, 0.4) is 0 Å². The summed E-state index contributed by atoms with van der Waals surface area (Å²) in [5.74, 6) is 0.00743. The highest BCUT2D eigenvalue weighted by Gasteiger charge is 2.10. The number of hydrogen-bond acceptors (Lipinski definition) is 4. The van der Waals surface area contributed by atoms with Gasteiger partial charge in [0.05, 0.1) is 0 Å². The monoisotopic (exact) mass is 230 g/mol. The molecule has 0 amide bonds. The lowest BCUT2D eigenvalue weighted by Gasteiger charge is -2.27. The van der Waals surface area contributed by atoms with Gasteiger partial charge in [0.15, 0.2) is 0 Å². The summed E-state index contributed by atoms with van der Waals surface area (Å²) < 4.78 is 10.3. The van der Waals surface area contributed by atoms with Crippen molar-refractivity contribution < 1.29 is 9.47 Å². The van der Waals surface area contributed by atoms with Crippen molar-refractivity contribution >= 4 is 9.52 Å². The van der Waals surface area contributed by atoms with Crippen LogP contribution in [0.2, 0.25) is 6.04 Å². The molecule has 0 aliphatic carbocycles. The highest BCUT2D eigenvalue weighted by atomic mass is 28.2. The molecule has 0 atom stereocenters. The maximum absolute atomic E-state index is 5.16. The number of piperazine rings is 1. The van der Waals surface area contributed by atoms with E-state index in [1.807, 2.05) is 0 Å². The zero-order valence-electron chi connectivity index (χ0n) is 9.79. The Morgan fingerprint density at radius 3 is 2.53 bits per heavy atom. The highest BCUT2D eigenvalue weighted by Crippen LogP contribution is 2.00. The molecule has 88 valence electrons. The predicted octanol–water partition coefficient (Wildman–Crippen LogP) is -0.0194. The molecule has 0 aromatic heterocycles. The molecule has 1 N–H and O–H groups in total. The summed E-state index contributed by atoms with van der Waals surface area (Å²) >= 11 is 0. The fourth-order valence-corrected chi connectivity index (χ4v) is 2.65. The number of rotatable bonds is 7. The standard InChI is InChI=1S/C10H22N2O2Si/c1-13-10(14-2)15-9-3-6-12-7-4-11-5-8-12/h10-11H,3-9H2,1-2H3. The second kappa shape index (κ2) is 8.24. The number of methoxy groups -OCH3 is 2. The molecule has 1 aliphatic rings. The molecule has 0 aromatic rings. The Balaban J connectivity index is 1.95. The SMILES string of the molecule is COC(OC)[Si]CCCN1CCNCC1. The minimum absolute atomic E-state index is 0.00743. The van der Waals surface area contributed by atoms with Crippen molar-refractivity contribution in [2.24, 2.45) is 0 Å². The topological polar surface area (TPSA) is 33.7 Å². The van der Waals surface area contributed by atoms with Gasteiger partial charge in [0, 0.05) is 40.4 Å². The summed E-state index contributed by atoms with van der Waals surface area (Å²) in [7, 11) is 4.17. The predicted molar refractivity (Wildman–Crippen MR) is 62.3 cm³/mol. The van der Waals surface area contributed by atoms with E-state index < -0.39 is 0 Å². The van der Waals surface area contributed by atoms with Gasteiger partial charge in [-0.05, 0) is 13.0 Å². The summed E-state index contributed by atoms with van der Waals surface area (Å²) in [6, 6.07) is 1.20. The number of ether oxygens (including phenoxy) is 2. The van der Waals surface area contributed by atoms with Gasteiger partial charge in [-0.15, -0.1) is 0 Å². The molecule has 0 unspecified atom stereocenters. The van der Waals surface area contributed by atoms with Crippen LogP contribution in [-0.2, 0) is 9.47 Å². The van der Waals surface area contributed by atoms with Crippen LogP contribution in [0, 0.1) is 0 Å². The van der Waals surface area contributed by atoms with Gasteiger partial charge in [-0.3, -0.25) is 0 Å². The molecule has 1 fully saturated rings. The Hall–Kier alpha value is 0.0569. The molecule has 0 spiro atoms. The molecule has 1 heterocycles. The first kappa shape index (κ1) is 13.1. The average molecular weight is 230 g/mol. The Morgan fingerprint density at radius 1 is 1.27 bits per heavy atom. The van der Waals surface area contributed by atoms with Crippen molar-refractivity contribution in [3.8, 4) is 0 Å². The molecule has 5 heteroatoms. The second-order valence-electron chi connectivity index (χ2n) is 3.70. The van der Waals surface area contributed by atoms with E-state index in [9.17, 15) is 0 Å². The van der Waals surface area contributed by atoms with E-state index in [1.165, 1.54) is 32.1 Å². The van der Waals surface area contributed by atoms with E-state index >= 15 is 0 Å². The van der Waals surface area contributed by atoms with Gasteiger partial charge in [0.2, 0.25) is 0 Å². The van der Waals surface area contributed by atoms with E-state index in [4.69, 9.17) is 9.47 Å². The van der Waals surface area contributed by atoms with E-state index in [0.29, 0.717) is 0 Å². The third kappa shape index (κ3) is 5.63. The van der Waals surface area contributed by atoms with Crippen LogP contribution < -0.4 is 5.32 Å². The molecule has 15 heavy (non-hydrogen) atoms. The Labute approximate surface area is 95.1 Å². The molecule has 0 saturated carbocycles. The van der Waals surface area contributed by atoms with Crippen molar-refractivity contribution in [1.82, 2.24) is 10.2 Å². The summed E-state index contributed by atoms with van der Waals surface area (Å²) in [6.45, 7) is 5.89. The first-order valence-electron chi connectivity index (χ1n) is 5.59. The largest absolute Gasteiger partial charge is 0.360 e. The molecule has 0 bridgehead atoms. The second-order valence-corrected chi connectivity index (χ2v) is 5.08. The summed E-state index contributed by atoms with van der Waals surface area (Å²) in [5, 5.41) is 3.36. The Kier molecular flexibility index (Phi) is 7.21. The van der Waals surface area contributed by atoms with Crippen molar-refractivity contribution in [1.29, 1.82) is 0 Å². The molecule has 1 rings (SSSR count).